The molecular formula is C12H13N3O4. The molecule has 0 bridgehead atoms. The average Bonchev–Trinajstić information content (AvgIpc) is 2.37. The van der Waals surface area contributed by atoms with Crippen LogP contribution in [-0.4, -0.2) is 42.7 Å². The zero-order valence-electron chi connectivity index (χ0n) is 10.5. The van der Waals surface area contributed by atoms with E-state index in [0.717, 1.165) is 4.90 Å². The molecule has 19 heavy (non-hydrogen) atoms. The number of methoxy groups -OCH3 is 1. The molecular weight excluding hydrogens is 250 g/mol. The molecule has 0 fully saturated rings. The second kappa shape index (κ2) is 6.26. The van der Waals surface area contributed by atoms with Crippen LogP contribution in [0.4, 0.5) is 10.5 Å². The standard InChI is InChI=1S/C12H13N3O4/c1-15(7-10(16)17)12(18)14-11-8(6-13)4-3-5-9(11)19-2/h3-5H,7H2,1-2H3,(H,14,18)(H,16,17). The van der Waals surface area contributed by atoms with Crippen LogP contribution in [0.1, 0.15) is 5.56 Å². The smallest absolute Gasteiger partial charge is 0.323 e. The fraction of sp³-hybridized carbons (Fsp3) is 0.250. The summed E-state index contributed by atoms with van der Waals surface area (Å²) in [5.74, 6) is -0.797. The number of nitriles is 1. The van der Waals surface area contributed by atoms with Gasteiger partial charge in [0.15, 0.2) is 0 Å². The van der Waals surface area contributed by atoms with Crippen LogP contribution in [0, 0.1) is 11.3 Å². The normalized spacial score (nSPS) is 9.32. The molecule has 0 atom stereocenters. The van der Waals surface area contributed by atoms with Gasteiger partial charge in [-0.15, -0.1) is 0 Å². The average molecular weight is 263 g/mol. The van der Waals surface area contributed by atoms with Gasteiger partial charge in [-0.1, -0.05) is 6.07 Å². The zero-order chi connectivity index (χ0) is 14.4. The summed E-state index contributed by atoms with van der Waals surface area (Å²) in [7, 11) is 2.75. The molecule has 1 rings (SSSR count). The Morgan fingerprint density at radius 2 is 2.21 bits per heavy atom. The van der Waals surface area contributed by atoms with E-state index in [-0.39, 0.29) is 11.3 Å². The minimum absolute atomic E-state index is 0.217. The van der Waals surface area contributed by atoms with Gasteiger partial charge in [0.05, 0.1) is 12.7 Å². The number of hydrogen-bond donors (Lipinski definition) is 2. The lowest BCUT2D eigenvalue weighted by Crippen LogP contribution is -2.35. The number of amides is 2. The molecule has 0 spiro atoms. The number of carboxylic acid groups (broad SMARTS) is 1. The summed E-state index contributed by atoms with van der Waals surface area (Å²) in [4.78, 5) is 23.3. The first-order chi connectivity index (χ1) is 8.99. The molecule has 0 saturated carbocycles. The lowest BCUT2D eigenvalue weighted by atomic mass is 10.2. The zero-order valence-corrected chi connectivity index (χ0v) is 10.5. The lowest BCUT2D eigenvalue weighted by Gasteiger charge is -2.17. The summed E-state index contributed by atoms with van der Waals surface area (Å²) < 4.78 is 5.05. The van der Waals surface area contributed by atoms with Crippen LogP contribution in [0.15, 0.2) is 18.2 Å². The number of nitrogens with zero attached hydrogens (tertiary/aromatic N) is 2. The van der Waals surface area contributed by atoms with Crippen LogP contribution in [0.25, 0.3) is 0 Å². The Morgan fingerprint density at radius 3 is 2.74 bits per heavy atom. The number of anilines is 1. The topological polar surface area (TPSA) is 103 Å². The van der Waals surface area contributed by atoms with Crippen molar-refractivity contribution in [3.8, 4) is 11.8 Å². The highest BCUT2D eigenvalue weighted by Crippen LogP contribution is 2.27. The number of hydrogen-bond acceptors (Lipinski definition) is 4. The van der Waals surface area contributed by atoms with Gasteiger partial charge < -0.3 is 20.1 Å². The predicted octanol–water partition coefficient (Wildman–Crippen LogP) is 1.12. The highest BCUT2D eigenvalue weighted by molar-refractivity contribution is 5.94. The Bertz CT molecular complexity index is 536. The molecule has 0 aliphatic carbocycles. The molecule has 1 aromatic rings. The number of ether oxygens (including phenoxy) is 1. The van der Waals surface area contributed by atoms with Crippen molar-refractivity contribution in [2.75, 3.05) is 26.0 Å². The van der Waals surface area contributed by atoms with Crippen LogP contribution in [0.5, 0.6) is 5.75 Å². The van der Waals surface area contributed by atoms with Crippen molar-refractivity contribution < 1.29 is 19.4 Å². The molecule has 7 nitrogen and oxygen atoms in total. The molecule has 0 radical (unpaired) electrons. The number of aliphatic carboxylic acids is 1. The van der Waals surface area contributed by atoms with Gasteiger partial charge in [0, 0.05) is 7.05 Å². The van der Waals surface area contributed by atoms with Gasteiger partial charge in [0.2, 0.25) is 0 Å². The maximum Gasteiger partial charge on any atom is 0.323 e. The van der Waals surface area contributed by atoms with Gasteiger partial charge in [-0.2, -0.15) is 5.26 Å². The number of para-hydroxylation sites is 1. The molecule has 0 aliphatic heterocycles. The largest absolute Gasteiger partial charge is 0.495 e. The van der Waals surface area contributed by atoms with Crippen LogP contribution in [0.2, 0.25) is 0 Å². The highest BCUT2D eigenvalue weighted by atomic mass is 16.5. The predicted molar refractivity (Wildman–Crippen MR) is 67.0 cm³/mol. The monoisotopic (exact) mass is 263 g/mol. The summed E-state index contributed by atoms with van der Waals surface area (Å²) in [6.07, 6.45) is 0. The van der Waals surface area contributed by atoms with E-state index in [1.54, 1.807) is 12.1 Å². The summed E-state index contributed by atoms with van der Waals surface area (Å²) in [5.41, 5.74) is 0.450. The Labute approximate surface area is 110 Å². The number of likely N-dealkylation sites (N-methyl/N-ethyl adjacent to an activating group) is 1. The Kier molecular flexibility index (Phi) is 4.71. The molecule has 2 N–H and O–H groups in total. The van der Waals surface area contributed by atoms with Crippen LogP contribution in [0.3, 0.4) is 0 Å². The van der Waals surface area contributed by atoms with Crippen molar-refractivity contribution in [3.63, 3.8) is 0 Å². The first-order valence-electron chi connectivity index (χ1n) is 5.30. The van der Waals surface area contributed by atoms with Crippen molar-refractivity contribution in [1.29, 1.82) is 5.26 Å². The molecule has 7 heteroatoms. The van der Waals surface area contributed by atoms with E-state index in [1.807, 2.05) is 6.07 Å². The van der Waals surface area contributed by atoms with Gasteiger partial charge in [-0.05, 0) is 12.1 Å². The van der Waals surface area contributed by atoms with Gasteiger partial charge in [-0.3, -0.25) is 4.79 Å². The second-order valence-electron chi connectivity index (χ2n) is 3.67. The van der Waals surface area contributed by atoms with Crippen molar-refractivity contribution in [3.05, 3.63) is 23.8 Å². The maximum atomic E-state index is 11.8. The minimum atomic E-state index is -1.13. The van der Waals surface area contributed by atoms with Gasteiger partial charge in [-0.25, -0.2) is 4.79 Å². The molecule has 2 amide bonds. The SMILES string of the molecule is COc1cccc(C#N)c1NC(=O)N(C)CC(=O)O. The van der Waals surface area contributed by atoms with E-state index < -0.39 is 18.5 Å². The third-order valence-corrected chi connectivity index (χ3v) is 2.32. The van der Waals surface area contributed by atoms with Gasteiger partial charge in [0.1, 0.15) is 24.1 Å². The van der Waals surface area contributed by atoms with Gasteiger partial charge >= 0.3 is 12.0 Å². The number of urea groups is 1. The van der Waals surface area contributed by atoms with E-state index >= 15 is 0 Å². The molecule has 0 heterocycles. The van der Waals surface area contributed by atoms with E-state index in [9.17, 15) is 9.59 Å². The molecule has 100 valence electrons. The summed E-state index contributed by atoms with van der Waals surface area (Å²) in [5, 5.41) is 20.0. The third kappa shape index (κ3) is 3.61. The number of nitrogens with one attached hydrogen (secondary N) is 1. The summed E-state index contributed by atoms with van der Waals surface area (Å²) in [6.45, 7) is -0.442. The fourth-order valence-electron chi connectivity index (χ4n) is 1.40. The number of rotatable bonds is 4. The molecule has 0 aliphatic rings. The van der Waals surface area contributed by atoms with Crippen molar-refractivity contribution in [2.45, 2.75) is 0 Å². The van der Waals surface area contributed by atoms with Gasteiger partial charge in [0.25, 0.3) is 0 Å². The van der Waals surface area contributed by atoms with Crippen molar-refractivity contribution in [1.82, 2.24) is 4.90 Å². The highest BCUT2D eigenvalue weighted by Gasteiger charge is 2.16. The second-order valence-corrected chi connectivity index (χ2v) is 3.67. The fourth-order valence-corrected chi connectivity index (χ4v) is 1.40. The Hall–Kier alpha value is -2.75. The molecule has 0 unspecified atom stereocenters. The molecule has 0 aromatic heterocycles. The minimum Gasteiger partial charge on any atom is -0.495 e. The maximum absolute atomic E-state index is 11.8. The van der Waals surface area contributed by atoms with Crippen molar-refractivity contribution in [2.24, 2.45) is 0 Å². The summed E-state index contributed by atoms with van der Waals surface area (Å²) in [6, 6.07) is 6.02. The van der Waals surface area contributed by atoms with Crippen LogP contribution in [-0.2, 0) is 4.79 Å². The van der Waals surface area contributed by atoms with E-state index in [4.69, 9.17) is 15.1 Å². The number of carboxylic acids is 1. The Morgan fingerprint density at radius 1 is 1.53 bits per heavy atom. The van der Waals surface area contributed by atoms with E-state index in [1.165, 1.54) is 20.2 Å². The first kappa shape index (κ1) is 14.3. The quantitative estimate of drug-likeness (QED) is 0.847. The van der Waals surface area contributed by atoms with E-state index in [2.05, 4.69) is 5.32 Å². The third-order valence-electron chi connectivity index (χ3n) is 2.32. The Balaban J connectivity index is 2.96. The van der Waals surface area contributed by atoms with E-state index in [0.29, 0.717) is 5.75 Å². The van der Waals surface area contributed by atoms with Crippen molar-refractivity contribution >= 4 is 17.7 Å². The number of carbonyl (C=O) groups is 2. The number of benzene rings is 1. The number of carbonyl (C=O) groups excluding carboxylic acids is 1. The molecule has 1 aromatic carbocycles. The first-order valence-corrected chi connectivity index (χ1v) is 5.30. The lowest BCUT2D eigenvalue weighted by molar-refractivity contribution is -0.137. The molecule has 0 saturated heterocycles. The summed E-state index contributed by atoms with van der Waals surface area (Å²) >= 11 is 0. The van der Waals surface area contributed by atoms with Crippen LogP contribution < -0.4 is 10.1 Å². The van der Waals surface area contributed by atoms with Crippen LogP contribution >= 0.6 is 0 Å².